The number of furan rings is 1. The van der Waals surface area contributed by atoms with E-state index in [1.165, 1.54) is 43.9 Å². The van der Waals surface area contributed by atoms with Crippen LogP contribution in [-0.4, -0.2) is 6.04 Å². The Kier molecular flexibility index (Phi) is 3.65. The molecule has 2 heteroatoms. The maximum atomic E-state index is 5.83. The van der Waals surface area contributed by atoms with Gasteiger partial charge in [-0.1, -0.05) is 43.9 Å². The minimum Gasteiger partial charge on any atom is -0.460 e. The van der Waals surface area contributed by atoms with E-state index in [1.807, 2.05) is 12.1 Å². The first kappa shape index (κ1) is 11.8. The standard InChI is InChI=1S/C16H21NO/c1-2-4-9-14(8-3-1)17-12-15-11-13-7-5-6-10-16(13)18-15/h5-7,10-11,14,17H,1-4,8-9,12H2. The maximum absolute atomic E-state index is 5.83. The van der Waals surface area contributed by atoms with Gasteiger partial charge in [0.25, 0.3) is 0 Å². The van der Waals surface area contributed by atoms with E-state index in [0.717, 1.165) is 17.9 Å². The van der Waals surface area contributed by atoms with Crippen molar-refractivity contribution in [3.63, 3.8) is 0 Å². The summed E-state index contributed by atoms with van der Waals surface area (Å²) in [6.07, 6.45) is 8.20. The van der Waals surface area contributed by atoms with Crippen LogP contribution < -0.4 is 5.32 Å². The van der Waals surface area contributed by atoms with Gasteiger partial charge < -0.3 is 9.73 Å². The predicted molar refractivity (Wildman–Crippen MR) is 74.5 cm³/mol. The van der Waals surface area contributed by atoms with Crippen LogP contribution in [0.5, 0.6) is 0 Å². The molecule has 18 heavy (non-hydrogen) atoms. The maximum Gasteiger partial charge on any atom is 0.134 e. The van der Waals surface area contributed by atoms with Gasteiger partial charge in [-0.25, -0.2) is 0 Å². The minimum absolute atomic E-state index is 0.681. The molecule has 0 radical (unpaired) electrons. The van der Waals surface area contributed by atoms with Gasteiger partial charge in [0.15, 0.2) is 0 Å². The van der Waals surface area contributed by atoms with Crippen LogP contribution in [0.1, 0.15) is 44.3 Å². The van der Waals surface area contributed by atoms with E-state index in [9.17, 15) is 0 Å². The van der Waals surface area contributed by atoms with Gasteiger partial charge in [-0.15, -0.1) is 0 Å². The van der Waals surface area contributed by atoms with E-state index in [1.54, 1.807) is 0 Å². The van der Waals surface area contributed by atoms with Crippen LogP contribution in [0.4, 0.5) is 0 Å². The zero-order valence-electron chi connectivity index (χ0n) is 10.8. The molecule has 0 saturated heterocycles. The molecule has 0 aliphatic heterocycles. The second-order valence-corrected chi connectivity index (χ2v) is 5.32. The summed E-state index contributed by atoms with van der Waals surface area (Å²) in [6.45, 7) is 0.860. The smallest absolute Gasteiger partial charge is 0.134 e. The number of nitrogens with one attached hydrogen (secondary N) is 1. The van der Waals surface area contributed by atoms with Crippen LogP contribution in [0.25, 0.3) is 11.0 Å². The summed E-state index contributed by atoms with van der Waals surface area (Å²) in [5.74, 6) is 1.06. The second-order valence-electron chi connectivity index (χ2n) is 5.32. The topological polar surface area (TPSA) is 25.2 Å². The summed E-state index contributed by atoms with van der Waals surface area (Å²) in [5, 5.41) is 4.85. The number of hydrogen-bond donors (Lipinski definition) is 1. The van der Waals surface area contributed by atoms with E-state index in [0.29, 0.717) is 6.04 Å². The molecule has 1 saturated carbocycles. The number of rotatable bonds is 3. The van der Waals surface area contributed by atoms with Crippen molar-refractivity contribution in [3.05, 3.63) is 36.1 Å². The Hall–Kier alpha value is -1.28. The first-order valence-electron chi connectivity index (χ1n) is 7.13. The third-order valence-electron chi connectivity index (χ3n) is 3.90. The lowest BCUT2D eigenvalue weighted by molar-refractivity contribution is 0.425. The minimum atomic E-state index is 0.681. The number of para-hydroxylation sites is 1. The lowest BCUT2D eigenvalue weighted by Crippen LogP contribution is -2.27. The fourth-order valence-electron chi connectivity index (χ4n) is 2.85. The molecule has 1 fully saturated rings. The van der Waals surface area contributed by atoms with Crippen LogP contribution in [0.15, 0.2) is 34.7 Å². The predicted octanol–water partition coefficient (Wildman–Crippen LogP) is 4.25. The van der Waals surface area contributed by atoms with E-state index in [2.05, 4.69) is 23.5 Å². The number of benzene rings is 1. The Balaban J connectivity index is 1.61. The molecule has 0 unspecified atom stereocenters. The van der Waals surface area contributed by atoms with Crippen molar-refractivity contribution in [3.8, 4) is 0 Å². The Labute approximate surface area is 108 Å². The first-order valence-corrected chi connectivity index (χ1v) is 7.13. The molecule has 0 amide bonds. The number of hydrogen-bond acceptors (Lipinski definition) is 2. The van der Waals surface area contributed by atoms with Crippen molar-refractivity contribution in [1.29, 1.82) is 0 Å². The quantitative estimate of drug-likeness (QED) is 0.815. The second kappa shape index (κ2) is 5.57. The summed E-state index contributed by atoms with van der Waals surface area (Å²) in [6, 6.07) is 11.0. The molecule has 1 aromatic heterocycles. The monoisotopic (exact) mass is 243 g/mol. The highest BCUT2D eigenvalue weighted by Crippen LogP contribution is 2.20. The van der Waals surface area contributed by atoms with Crippen LogP contribution in [0, 0.1) is 0 Å². The molecular weight excluding hydrogens is 222 g/mol. The molecule has 2 nitrogen and oxygen atoms in total. The molecule has 1 aromatic carbocycles. The molecule has 0 atom stereocenters. The average molecular weight is 243 g/mol. The lowest BCUT2D eigenvalue weighted by atomic mass is 10.1. The van der Waals surface area contributed by atoms with Crippen molar-refractivity contribution in [2.24, 2.45) is 0 Å². The van der Waals surface area contributed by atoms with Crippen LogP contribution in [0.3, 0.4) is 0 Å². The SMILES string of the molecule is c1ccc2oc(CNC3CCCCCC3)cc2c1. The first-order chi connectivity index (χ1) is 8.92. The zero-order valence-corrected chi connectivity index (χ0v) is 10.8. The van der Waals surface area contributed by atoms with E-state index in [-0.39, 0.29) is 0 Å². The van der Waals surface area contributed by atoms with Gasteiger partial charge in [-0.05, 0) is 25.0 Å². The molecule has 96 valence electrons. The Morgan fingerprint density at radius 2 is 1.83 bits per heavy atom. The fourth-order valence-corrected chi connectivity index (χ4v) is 2.85. The normalized spacial score (nSPS) is 18.0. The fraction of sp³-hybridized carbons (Fsp3) is 0.500. The summed E-state index contributed by atoms with van der Waals surface area (Å²) in [5.41, 5.74) is 0.996. The van der Waals surface area contributed by atoms with E-state index >= 15 is 0 Å². The molecular formula is C16H21NO. The summed E-state index contributed by atoms with van der Waals surface area (Å²) in [7, 11) is 0. The third-order valence-corrected chi connectivity index (χ3v) is 3.90. The van der Waals surface area contributed by atoms with Crippen molar-refractivity contribution < 1.29 is 4.42 Å². The van der Waals surface area contributed by atoms with Gasteiger partial charge in [-0.3, -0.25) is 0 Å². The van der Waals surface area contributed by atoms with E-state index < -0.39 is 0 Å². The zero-order chi connectivity index (χ0) is 12.2. The summed E-state index contributed by atoms with van der Waals surface area (Å²) >= 11 is 0. The van der Waals surface area contributed by atoms with Crippen molar-refractivity contribution >= 4 is 11.0 Å². The van der Waals surface area contributed by atoms with Gasteiger partial charge in [0, 0.05) is 11.4 Å². The van der Waals surface area contributed by atoms with Crippen LogP contribution >= 0.6 is 0 Å². The Bertz CT molecular complexity index is 462. The molecule has 0 spiro atoms. The molecule has 1 aliphatic rings. The highest BCUT2D eigenvalue weighted by molar-refractivity contribution is 5.77. The Morgan fingerprint density at radius 3 is 2.61 bits per heavy atom. The van der Waals surface area contributed by atoms with Crippen molar-refractivity contribution in [2.75, 3.05) is 0 Å². The third kappa shape index (κ3) is 2.75. The largest absolute Gasteiger partial charge is 0.460 e. The van der Waals surface area contributed by atoms with Gasteiger partial charge in [0.1, 0.15) is 11.3 Å². The van der Waals surface area contributed by atoms with Crippen molar-refractivity contribution in [2.45, 2.75) is 51.1 Å². The van der Waals surface area contributed by atoms with Crippen LogP contribution in [-0.2, 0) is 6.54 Å². The molecule has 1 aliphatic carbocycles. The summed E-state index contributed by atoms with van der Waals surface area (Å²) < 4.78 is 5.83. The summed E-state index contributed by atoms with van der Waals surface area (Å²) in [4.78, 5) is 0. The molecule has 0 bridgehead atoms. The number of fused-ring (bicyclic) bond motifs is 1. The van der Waals surface area contributed by atoms with Gasteiger partial charge >= 0.3 is 0 Å². The molecule has 3 rings (SSSR count). The van der Waals surface area contributed by atoms with Gasteiger partial charge in [0.2, 0.25) is 0 Å². The average Bonchev–Trinajstić information content (AvgIpc) is 2.63. The van der Waals surface area contributed by atoms with Gasteiger partial charge in [0.05, 0.1) is 6.54 Å². The highest BCUT2D eigenvalue weighted by atomic mass is 16.3. The van der Waals surface area contributed by atoms with E-state index in [4.69, 9.17) is 4.42 Å². The highest BCUT2D eigenvalue weighted by Gasteiger charge is 2.12. The Morgan fingerprint density at radius 1 is 1.06 bits per heavy atom. The van der Waals surface area contributed by atoms with Gasteiger partial charge in [-0.2, -0.15) is 0 Å². The molecule has 2 aromatic rings. The van der Waals surface area contributed by atoms with Crippen LogP contribution in [0.2, 0.25) is 0 Å². The molecule has 1 N–H and O–H groups in total. The lowest BCUT2D eigenvalue weighted by Gasteiger charge is -2.14. The van der Waals surface area contributed by atoms with Crippen molar-refractivity contribution in [1.82, 2.24) is 5.32 Å². The molecule has 1 heterocycles.